The molecule has 6 atom stereocenters. The van der Waals surface area contributed by atoms with Crippen molar-refractivity contribution in [2.24, 2.45) is 22.9 Å². The number of carbonyl (C=O) groups is 2. The van der Waals surface area contributed by atoms with E-state index in [0.29, 0.717) is 42.2 Å². The topological polar surface area (TPSA) is 182 Å². The molecule has 0 saturated heterocycles. The van der Waals surface area contributed by atoms with Gasteiger partial charge in [-0.05, 0) is 91.5 Å². The Morgan fingerprint density at radius 3 is 2.29 bits per heavy atom. The summed E-state index contributed by atoms with van der Waals surface area (Å²) in [5.74, 6) is -1.67. The number of benzene rings is 2. The molecule has 2 aromatic rings. The van der Waals surface area contributed by atoms with E-state index in [1.54, 1.807) is 42.3 Å². The predicted molar refractivity (Wildman–Crippen MR) is 253 cm³/mol. The molecule has 14 heteroatoms. The van der Waals surface area contributed by atoms with E-state index >= 15 is 0 Å². The predicted octanol–water partition coefficient (Wildman–Crippen LogP) is 10.0. The van der Waals surface area contributed by atoms with E-state index < -0.39 is 28.8 Å². The van der Waals surface area contributed by atoms with Gasteiger partial charge in [0.1, 0.15) is 24.7 Å². The number of nitro benzene ring substituents is 1. The summed E-state index contributed by atoms with van der Waals surface area (Å²) in [7, 11) is 3.19. The van der Waals surface area contributed by atoms with Crippen LogP contribution in [0.15, 0.2) is 78.0 Å². The first-order chi connectivity index (χ1) is 31.6. The van der Waals surface area contributed by atoms with Crippen LogP contribution >= 0.6 is 0 Å². The van der Waals surface area contributed by atoms with Crippen molar-refractivity contribution < 1.29 is 43.8 Å². The fourth-order valence-electron chi connectivity index (χ4n) is 9.99. The summed E-state index contributed by atoms with van der Waals surface area (Å²) >= 11 is 0. The number of likely N-dealkylation sites (N-methyl/N-ethyl adjacent to an activating group) is 1. The fourth-order valence-corrected chi connectivity index (χ4v) is 9.99. The van der Waals surface area contributed by atoms with Crippen molar-refractivity contribution in [2.75, 3.05) is 40.5 Å². The summed E-state index contributed by atoms with van der Waals surface area (Å²) < 4.78 is 20.0. The van der Waals surface area contributed by atoms with Gasteiger partial charge in [-0.3, -0.25) is 14.9 Å². The van der Waals surface area contributed by atoms with Crippen LogP contribution in [0.1, 0.15) is 133 Å². The van der Waals surface area contributed by atoms with Crippen LogP contribution in [0.2, 0.25) is 0 Å². The molecular formula is C51H72N4O10. The number of aliphatic hydroxyl groups is 2. The molecule has 3 N–H and O–H groups in total. The second kappa shape index (κ2) is 26.2. The first-order valence-electron chi connectivity index (χ1n) is 23.9. The highest BCUT2D eigenvalue weighted by atomic mass is 16.7. The third-order valence-electron chi connectivity index (χ3n) is 13.2. The number of hydrogen-bond donors (Lipinski definition) is 3. The van der Waals surface area contributed by atoms with Crippen molar-refractivity contribution in [1.29, 1.82) is 0 Å². The highest BCUT2D eigenvalue weighted by Crippen LogP contribution is 2.61. The number of unbranched alkanes of at least 4 members (excludes halogenated alkanes) is 11. The summed E-state index contributed by atoms with van der Waals surface area (Å²) in [5.41, 5.74) is 2.94. The summed E-state index contributed by atoms with van der Waals surface area (Å²) in [6, 6.07) is 10.6. The number of amides is 2. The summed E-state index contributed by atoms with van der Waals surface area (Å²) in [6.45, 7) is 6.97. The van der Waals surface area contributed by atoms with Gasteiger partial charge in [-0.2, -0.15) is 0 Å². The van der Waals surface area contributed by atoms with Gasteiger partial charge in [0, 0.05) is 62.9 Å². The van der Waals surface area contributed by atoms with Crippen LogP contribution in [0.3, 0.4) is 0 Å². The Morgan fingerprint density at radius 2 is 1.65 bits per heavy atom. The highest BCUT2D eigenvalue weighted by Gasteiger charge is 2.65. The number of oxime groups is 1. The lowest BCUT2D eigenvalue weighted by atomic mass is 9.55. The zero-order valence-electron chi connectivity index (χ0n) is 38.8. The molecule has 14 nitrogen and oxygen atoms in total. The van der Waals surface area contributed by atoms with Crippen LogP contribution in [0, 0.1) is 27.9 Å². The van der Waals surface area contributed by atoms with Crippen molar-refractivity contribution in [3.05, 3.63) is 94.1 Å². The van der Waals surface area contributed by atoms with E-state index in [1.165, 1.54) is 70.3 Å². The molecule has 2 amide bonds. The molecule has 1 fully saturated rings. The van der Waals surface area contributed by atoms with Gasteiger partial charge >= 0.3 is 6.09 Å². The number of allylic oxidation sites excluding steroid dienone is 1. The molecule has 1 saturated carbocycles. The molecule has 2 aliphatic carbocycles. The fraction of sp³-hybridized carbons (Fsp3) is 0.588. The summed E-state index contributed by atoms with van der Waals surface area (Å²) in [6.07, 6.45) is 23.0. The Morgan fingerprint density at radius 1 is 0.969 bits per heavy atom. The number of ether oxygens (including phenoxy) is 3. The Hall–Kier alpha value is -5.05. The smallest absolute Gasteiger partial charge is 0.412 e. The third-order valence-corrected chi connectivity index (χ3v) is 13.2. The Labute approximate surface area is 385 Å². The molecule has 1 heterocycles. The maximum atomic E-state index is 14.2. The van der Waals surface area contributed by atoms with Crippen LogP contribution in [0.4, 0.5) is 10.5 Å². The lowest BCUT2D eigenvalue weighted by Gasteiger charge is -2.59. The minimum Gasteiger partial charge on any atom is -0.459 e. The van der Waals surface area contributed by atoms with Crippen LogP contribution in [0.25, 0.3) is 6.08 Å². The number of hydrogen-bond acceptors (Lipinski definition) is 11. The van der Waals surface area contributed by atoms with Gasteiger partial charge in [0.2, 0.25) is 11.7 Å². The Balaban J connectivity index is 1.49. The van der Waals surface area contributed by atoms with Crippen molar-refractivity contribution in [3.8, 4) is 11.5 Å². The minimum absolute atomic E-state index is 0.00523. The maximum absolute atomic E-state index is 14.2. The molecular weight excluding hydrogens is 829 g/mol. The third kappa shape index (κ3) is 13.5. The number of aliphatic hydroxyl groups excluding tert-OH is 2. The van der Waals surface area contributed by atoms with Gasteiger partial charge in [0.25, 0.3) is 5.69 Å². The van der Waals surface area contributed by atoms with E-state index in [1.807, 2.05) is 12.1 Å². The Kier molecular flexibility index (Phi) is 20.5. The second-order valence-electron chi connectivity index (χ2n) is 17.6. The lowest BCUT2D eigenvalue weighted by Crippen LogP contribution is -2.69. The first kappa shape index (κ1) is 50.9. The van der Waals surface area contributed by atoms with Gasteiger partial charge in [-0.15, -0.1) is 6.58 Å². The Bertz CT molecular complexity index is 1950. The highest BCUT2D eigenvalue weighted by molar-refractivity contribution is 6.03. The number of nitrogens with one attached hydrogen (secondary N) is 1. The zero-order chi connectivity index (χ0) is 46.6. The van der Waals surface area contributed by atoms with Crippen LogP contribution in [-0.4, -0.2) is 90.1 Å². The molecule has 0 aromatic heterocycles. The lowest BCUT2D eigenvalue weighted by molar-refractivity contribution is -0.384. The SMILES string of the molecule is C=CCOC12Oc3ccc(OC(=O)NCCCCCCCCCCCC)cc3C3C(CCCCO)C(CCCCO)C=C(C(=NOC)CC1N(C)C(=O)C=Cc1ccc([N+](=O)[O-])cc1)C32. The molecule has 1 aliphatic heterocycles. The second-order valence-corrected chi connectivity index (χ2v) is 17.6. The van der Waals surface area contributed by atoms with Crippen molar-refractivity contribution in [3.63, 3.8) is 0 Å². The minimum atomic E-state index is -1.45. The molecule has 6 unspecified atom stereocenters. The van der Waals surface area contributed by atoms with Crippen LogP contribution in [0.5, 0.6) is 11.5 Å². The number of nitro groups is 1. The number of nitrogens with zero attached hydrogens (tertiary/aromatic N) is 3. The van der Waals surface area contributed by atoms with E-state index in [0.717, 1.165) is 56.1 Å². The molecule has 0 spiro atoms. The largest absolute Gasteiger partial charge is 0.459 e. The summed E-state index contributed by atoms with van der Waals surface area (Å²) in [5, 5.41) is 38.5. The quantitative estimate of drug-likeness (QED) is 0.0244. The van der Waals surface area contributed by atoms with Gasteiger partial charge in [-0.25, -0.2) is 4.79 Å². The molecule has 65 heavy (non-hydrogen) atoms. The van der Waals surface area contributed by atoms with Gasteiger partial charge in [0.05, 0.1) is 23.2 Å². The van der Waals surface area contributed by atoms with E-state index in [4.69, 9.17) is 19.0 Å². The number of non-ortho nitro benzene ring substituents is 1. The molecule has 0 bridgehead atoms. The molecule has 5 rings (SSSR count). The monoisotopic (exact) mass is 901 g/mol. The molecule has 3 aliphatic rings. The number of rotatable bonds is 28. The molecule has 356 valence electrons. The molecule has 2 aromatic carbocycles. The van der Waals surface area contributed by atoms with Crippen LogP contribution < -0.4 is 14.8 Å². The van der Waals surface area contributed by atoms with E-state index in [2.05, 4.69) is 30.1 Å². The van der Waals surface area contributed by atoms with Crippen molar-refractivity contribution >= 4 is 29.5 Å². The van der Waals surface area contributed by atoms with Gasteiger partial charge < -0.3 is 39.5 Å². The van der Waals surface area contributed by atoms with Crippen molar-refractivity contribution in [2.45, 2.75) is 134 Å². The van der Waals surface area contributed by atoms with E-state index in [-0.39, 0.29) is 55.6 Å². The summed E-state index contributed by atoms with van der Waals surface area (Å²) in [4.78, 5) is 45.3. The van der Waals surface area contributed by atoms with Crippen molar-refractivity contribution in [1.82, 2.24) is 10.2 Å². The average molecular weight is 901 g/mol. The first-order valence-corrected chi connectivity index (χ1v) is 23.9. The zero-order valence-corrected chi connectivity index (χ0v) is 38.8. The normalized spacial score (nSPS) is 22.6. The maximum Gasteiger partial charge on any atom is 0.412 e. The van der Waals surface area contributed by atoms with Gasteiger partial charge in [-0.1, -0.05) is 94.9 Å². The number of fused-ring (bicyclic) bond motifs is 2. The average Bonchev–Trinajstić information content (AvgIpc) is 3.30. The number of carbonyl (C=O) groups excluding carboxylic acids is 2. The standard InChI is InChI=1S/C51H72N4O10/c1-5-7-8-9-10-11-12-13-14-17-30-52-50(59)64-40-27-28-45-43(35-40)48-41(21-16-19-32-57)38(20-15-18-31-56)34-42-44(53-62-4)36-46(51(65-45,49(42)48)63-33-6-2)54(3)47(58)29-24-37-22-25-39(26-23-37)55(60)61/h6,22-29,34-35,38,41,46,48-49,56-57H,2,5,7-21,30-33,36H2,1,3-4H3,(H,52,59). The van der Waals surface area contributed by atoms with Gasteiger partial charge in [0.15, 0.2) is 0 Å². The van der Waals surface area contributed by atoms with E-state index in [9.17, 15) is 29.9 Å². The van der Waals surface area contributed by atoms with Crippen LogP contribution in [-0.2, 0) is 14.4 Å². The molecule has 0 radical (unpaired) electrons.